The molecule has 18 heavy (non-hydrogen) atoms. The van der Waals surface area contributed by atoms with E-state index in [-0.39, 0.29) is 0 Å². The summed E-state index contributed by atoms with van der Waals surface area (Å²) in [6.07, 6.45) is 8.72. The highest BCUT2D eigenvalue weighted by molar-refractivity contribution is 5.04. The summed E-state index contributed by atoms with van der Waals surface area (Å²) in [6, 6.07) is 2.01. The molecule has 0 fully saturated rings. The lowest BCUT2D eigenvalue weighted by Crippen LogP contribution is -2.33. The molecule has 0 amide bonds. The number of unbranched alkanes of at least 4 members (excludes halogenated alkanes) is 2. The molecule has 1 N–H and O–H groups in total. The van der Waals surface area contributed by atoms with Crippen molar-refractivity contribution in [2.45, 2.75) is 46.1 Å². The maximum absolute atomic E-state index is 5.05. The van der Waals surface area contributed by atoms with Crippen LogP contribution >= 0.6 is 0 Å². The summed E-state index contributed by atoms with van der Waals surface area (Å²) in [5.74, 6) is 0. The van der Waals surface area contributed by atoms with E-state index in [4.69, 9.17) is 4.42 Å². The molecule has 1 aromatic rings. The Labute approximate surface area is 112 Å². The monoisotopic (exact) mass is 252 g/mol. The first-order valence-corrected chi connectivity index (χ1v) is 7.31. The second-order valence-corrected chi connectivity index (χ2v) is 4.86. The lowest BCUT2D eigenvalue weighted by atomic mass is 10.2. The highest BCUT2D eigenvalue weighted by atomic mass is 16.3. The molecule has 0 radical (unpaired) electrons. The molecular formula is C15H28N2O. The maximum Gasteiger partial charge on any atom is 0.0947 e. The maximum atomic E-state index is 5.05. The Kier molecular flexibility index (Phi) is 8.61. The summed E-state index contributed by atoms with van der Waals surface area (Å²) in [5, 5.41) is 3.47. The number of rotatable bonds is 11. The first-order valence-electron chi connectivity index (χ1n) is 7.31. The van der Waals surface area contributed by atoms with Crippen molar-refractivity contribution >= 4 is 0 Å². The van der Waals surface area contributed by atoms with Crippen molar-refractivity contribution < 1.29 is 4.42 Å². The Bertz CT molecular complexity index is 264. The van der Waals surface area contributed by atoms with E-state index < -0.39 is 0 Å². The zero-order valence-electron chi connectivity index (χ0n) is 12.0. The Morgan fingerprint density at radius 1 is 1.11 bits per heavy atom. The molecule has 3 nitrogen and oxygen atoms in total. The molecule has 0 aromatic carbocycles. The zero-order chi connectivity index (χ0) is 13.1. The van der Waals surface area contributed by atoms with E-state index in [2.05, 4.69) is 24.1 Å². The molecule has 0 unspecified atom stereocenters. The zero-order valence-corrected chi connectivity index (χ0v) is 12.0. The Morgan fingerprint density at radius 2 is 1.83 bits per heavy atom. The molecule has 0 spiro atoms. The number of nitrogens with zero attached hydrogens (tertiary/aromatic N) is 1. The Hall–Kier alpha value is -0.800. The van der Waals surface area contributed by atoms with Gasteiger partial charge in [-0.05, 0) is 32.0 Å². The third kappa shape index (κ3) is 6.82. The van der Waals surface area contributed by atoms with Crippen LogP contribution in [0.2, 0.25) is 0 Å². The van der Waals surface area contributed by atoms with Gasteiger partial charge in [0.15, 0.2) is 0 Å². The predicted octanol–water partition coefficient (Wildman–Crippen LogP) is 3.27. The van der Waals surface area contributed by atoms with Crippen molar-refractivity contribution in [3.8, 4) is 0 Å². The third-order valence-corrected chi connectivity index (χ3v) is 3.17. The summed E-state index contributed by atoms with van der Waals surface area (Å²) >= 11 is 0. The van der Waals surface area contributed by atoms with Gasteiger partial charge in [-0.25, -0.2) is 0 Å². The van der Waals surface area contributed by atoms with Gasteiger partial charge < -0.3 is 14.6 Å². The molecule has 0 bridgehead atoms. The van der Waals surface area contributed by atoms with Gasteiger partial charge in [-0.2, -0.15) is 0 Å². The topological polar surface area (TPSA) is 28.4 Å². The van der Waals surface area contributed by atoms with Crippen molar-refractivity contribution in [2.75, 3.05) is 26.2 Å². The van der Waals surface area contributed by atoms with E-state index in [1.54, 1.807) is 12.5 Å². The highest BCUT2D eigenvalue weighted by Crippen LogP contribution is 2.00. The molecule has 0 saturated heterocycles. The van der Waals surface area contributed by atoms with Gasteiger partial charge in [0.1, 0.15) is 0 Å². The van der Waals surface area contributed by atoms with Gasteiger partial charge in [0.05, 0.1) is 12.5 Å². The van der Waals surface area contributed by atoms with Gasteiger partial charge in [-0.1, -0.05) is 26.7 Å². The van der Waals surface area contributed by atoms with Gasteiger partial charge >= 0.3 is 0 Å². The molecule has 0 atom stereocenters. The minimum absolute atomic E-state index is 0.909. The van der Waals surface area contributed by atoms with Crippen LogP contribution in [0.15, 0.2) is 23.0 Å². The lowest BCUT2D eigenvalue weighted by Gasteiger charge is -2.22. The van der Waals surface area contributed by atoms with E-state index in [1.807, 2.05) is 6.07 Å². The van der Waals surface area contributed by atoms with Gasteiger partial charge in [-0.15, -0.1) is 0 Å². The molecule has 1 rings (SSSR count). The fourth-order valence-corrected chi connectivity index (χ4v) is 1.96. The first kappa shape index (κ1) is 15.3. The van der Waals surface area contributed by atoms with E-state index >= 15 is 0 Å². The van der Waals surface area contributed by atoms with Crippen LogP contribution < -0.4 is 5.32 Å². The second kappa shape index (κ2) is 10.2. The molecule has 0 saturated carbocycles. The SMILES string of the molecule is CCCCN(CCCC)CCNCc1ccoc1. The van der Waals surface area contributed by atoms with Crippen LogP contribution in [-0.4, -0.2) is 31.1 Å². The van der Waals surface area contributed by atoms with Gasteiger partial charge in [0, 0.05) is 25.2 Å². The van der Waals surface area contributed by atoms with Crippen LogP contribution in [-0.2, 0) is 6.54 Å². The minimum Gasteiger partial charge on any atom is -0.472 e. The average Bonchev–Trinajstić information content (AvgIpc) is 2.90. The average molecular weight is 252 g/mol. The minimum atomic E-state index is 0.909. The molecule has 3 heteroatoms. The third-order valence-electron chi connectivity index (χ3n) is 3.17. The van der Waals surface area contributed by atoms with Crippen molar-refractivity contribution in [3.63, 3.8) is 0 Å². The van der Waals surface area contributed by atoms with Crippen molar-refractivity contribution in [1.29, 1.82) is 0 Å². The summed E-state index contributed by atoms with van der Waals surface area (Å²) < 4.78 is 5.05. The first-order chi connectivity index (χ1) is 8.86. The molecule has 1 aromatic heterocycles. The van der Waals surface area contributed by atoms with Crippen LogP contribution in [0.3, 0.4) is 0 Å². The lowest BCUT2D eigenvalue weighted by molar-refractivity contribution is 0.264. The van der Waals surface area contributed by atoms with Crippen LogP contribution in [0.25, 0.3) is 0 Å². The summed E-state index contributed by atoms with van der Waals surface area (Å²) in [4.78, 5) is 2.58. The number of furan rings is 1. The van der Waals surface area contributed by atoms with Gasteiger partial charge in [0.25, 0.3) is 0 Å². The number of hydrogen-bond acceptors (Lipinski definition) is 3. The van der Waals surface area contributed by atoms with Crippen molar-refractivity contribution in [2.24, 2.45) is 0 Å². The van der Waals surface area contributed by atoms with Gasteiger partial charge in [-0.3, -0.25) is 0 Å². The quantitative estimate of drug-likeness (QED) is 0.613. The van der Waals surface area contributed by atoms with Crippen molar-refractivity contribution in [1.82, 2.24) is 10.2 Å². The van der Waals surface area contributed by atoms with Gasteiger partial charge in [0.2, 0.25) is 0 Å². The highest BCUT2D eigenvalue weighted by Gasteiger charge is 2.03. The van der Waals surface area contributed by atoms with E-state index in [1.165, 1.54) is 44.3 Å². The Morgan fingerprint density at radius 3 is 2.39 bits per heavy atom. The summed E-state index contributed by atoms with van der Waals surface area (Å²) in [5.41, 5.74) is 1.23. The summed E-state index contributed by atoms with van der Waals surface area (Å²) in [7, 11) is 0. The number of hydrogen-bond donors (Lipinski definition) is 1. The standard InChI is InChI=1S/C15H28N2O/c1-3-5-9-17(10-6-4-2)11-8-16-13-15-7-12-18-14-15/h7,12,14,16H,3-6,8-11,13H2,1-2H3. The molecule has 1 heterocycles. The van der Waals surface area contributed by atoms with Crippen LogP contribution in [0.4, 0.5) is 0 Å². The van der Waals surface area contributed by atoms with E-state index in [0.717, 1.165) is 19.6 Å². The fourth-order valence-electron chi connectivity index (χ4n) is 1.96. The fraction of sp³-hybridized carbons (Fsp3) is 0.733. The predicted molar refractivity (Wildman–Crippen MR) is 76.7 cm³/mol. The molecule has 0 aliphatic rings. The van der Waals surface area contributed by atoms with E-state index in [9.17, 15) is 0 Å². The van der Waals surface area contributed by atoms with Crippen LogP contribution in [0.1, 0.15) is 45.1 Å². The molecule has 0 aliphatic heterocycles. The number of nitrogens with one attached hydrogen (secondary N) is 1. The van der Waals surface area contributed by atoms with E-state index in [0.29, 0.717) is 0 Å². The smallest absolute Gasteiger partial charge is 0.0947 e. The molecular weight excluding hydrogens is 224 g/mol. The summed E-state index contributed by atoms with van der Waals surface area (Å²) in [6.45, 7) is 10.1. The van der Waals surface area contributed by atoms with Crippen LogP contribution in [0.5, 0.6) is 0 Å². The molecule has 104 valence electrons. The second-order valence-electron chi connectivity index (χ2n) is 4.86. The van der Waals surface area contributed by atoms with Crippen molar-refractivity contribution in [3.05, 3.63) is 24.2 Å². The largest absolute Gasteiger partial charge is 0.472 e. The van der Waals surface area contributed by atoms with Crippen LogP contribution in [0, 0.1) is 0 Å². The molecule has 0 aliphatic carbocycles. The Balaban J connectivity index is 2.11. The normalized spacial score (nSPS) is 11.3.